The summed E-state index contributed by atoms with van der Waals surface area (Å²) >= 11 is 0. The van der Waals surface area contributed by atoms with Gasteiger partial charge in [0, 0.05) is 6.54 Å². The van der Waals surface area contributed by atoms with E-state index in [2.05, 4.69) is 10.6 Å². The predicted molar refractivity (Wildman–Crippen MR) is 81.6 cm³/mol. The van der Waals surface area contributed by atoms with Gasteiger partial charge in [-0.25, -0.2) is 4.79 Å². The SMILES string of the molecule is CNCCCCCCCNC(=O)OCc1ccccc1. The molecule has 0 aliphatic heterocycles. The van der Waals surface area contributed by atoms with Gasteiger partial charge in [-0.1, -0.05) is 49.6 Å². The van der Waals surface area contributed by atoms with Gasteiger partial charge in [-0.2, -0.15) is 0 Å². The van der Waals surface area contributed by atoms with Crippen LogP contribution in [0.1, 0.15) is 37.7 Å². The summed E-state index contributed by atoms with van der Waals surface area (Å²) in [5.41, 5.74) is 1.01. The van der Waals surface area contributed by atoms with Gasteiger partial charge in [0.15, 0.2) is 0 Å². The van der Waals surface area contributed by atoms with Crippen LogP contribution in [0.15, 0.2) is 30.3 Å². The summed E-state index contributed by atoms with van der Waals surface area (Å²) in [5, 5.41) is 5.92. The molecule has 0 radical (unpaired) electrons. The Morgan fingerprint density at radius 3 is 2.35 bits per heavy atom. The predicted octanol–water partition coefficient (Wildman–Crippen LogP) is 3.08. The van der Waals surface area contributed by atoms with Gasteiger partial charge in [0.05, 0.1) is 0 Å². The summed E-state index contributed by atoms with van der Waals surface area (Å²) in [7, 11) is 1.98. The molecule has 1 rings (SSSR count). The Hall–Kier alpha value is -1.55. The quantitative estimate of drug-likeness (QED) is 0.647. The van der Waals surface area contributed by atoms with Crippen LogP contribution in [0.4, 0.5) is 4.79 Å². The smallest absolute Gasteiger partial charge is 0.407 e. The van der Waals surface area contributed by atoms with Gasteiger partial charge >= 0.3 is 6.09 Å². The first kappa shape index (κ1) is 16.5. The Kier molecular flexibility index (Phi) is 9.32. The Labute approximate surface area is 121 Å². The molecule has 2 N–H and O–H groups in total. The average molecular weight is 278 g/mol. The number of benzene rings is 1. The molecule has 4 nitrogen and oxygen atoms in total. The zero-order valence-corrected chi connectivity index (χ0v) is 12.4. The van der Waals surface area contributed by atoms with Gasteiger partial charge in [-0.05, 0) is 32.0 Å². The third-order valence-electron chi connectivity index (χ3n) is 3.09. The number of nitrogens with one attached hydrogen (secondary N) is 2. The van der Waals surface area contributed by atoms with Gasteiger partial charge in [0.25, 0.3) is 0 Å². The largest absolute Gasteiger partial charge is 0.445 e. The van der Waals surface area contributed by atoms with E-state index in [1.165, 1.54) is 19.3 Å². The minimum atomic E-state index is -0.330. The number of amides is 1. The molecule has 0 saturated heterocycles. The third kappa shape index (κ3) is 8.53. The molecule has 0 bridgehead atoms. The van der Waals surface area contributed by atoms with Gasteiger partial charge in [-0.15, -0.1) is 0 Å². The van der Waals surface area contributed by atoms with Crippen LogP contribution in [0.5, 0.6) is 0 Å². The molecule has 112 valence electrons. The van der Waals surface area contributed by atoms with E-state index in [9.17, 15) is 4.79 Å². The highest BCUT2D eigenvalue weighted by molar-refractivity contribution is 5.67. The van der Waals surface area contributed by atoms with Crippen LogP contribution in [0.3, 0.4) is 0 Å². The molecule has 0 unspecified atom stereocenters. The Morgan fingerprint density at radius 2 is 1.65 bits per heavy atom. The molecule has 1 aromatic rings. The molecule has 0 aliphatic carbocycles. The summed E-state index contributed by atoms with van der Waals surface area (Å²) in [4.78, 5) is 11.4. The van der Waals surface area contributed by atoms with Crippen molar-refractivity contribution in [2.75, 3.05) is 20.1 Å². The second kappa shape index (κ2) is 11.3. The lowest BCUT2D eigenvalue weighted by molar-refractivity contribution is 0.139. The molecule has 0 spiro atoms. The highest BCUT2D eigenvalue weighted by Crippen LogP contribution is 2.02. The van der Waals surface area contributed by atoms with Crippen molar-refractivity contribution in [3.05, 3.63) is 35.9 Å². The Balaban J connectivity index is 1.93. The highest BCUT2D eigenvalue weighted by atomic mass is 16.5. The molecular formula is C16H26N2O2. The highest BCUT2D eigenvalue weighted by Gasteiger charge is 2.01. The lowest BCUT2D eigenvalue weighted by atomic mass is 10.1. The monoisotopic (exact) mass is 278 g/mol. The first-order valence-electron chi connectivity index (χ1n) is 7.42. The second-order valence-electron chi connectivity index (χ2n) is 4.86. The van der Waals surface area contributed by atoms with Crippen LogP contribution in [-0.4, -0.2) is 26.2 Å². The normalized spacial score (nSPS) is 10.2. The molecule has 0 heterocycles. The molecular weight excluding hydrogens is 252 g/mol. The van der Waals surface area contributed by atoms with Gasteiger partial charge in [-0.3, -0.25) is 0 Å². The van der Waals surface area contributed by atoms with E-state index in [1.807, 2.05) is 37.4 Å². The molecule has 0 aromatic heterocycles. The summed E-state index contributed by atoms with van der Waals surface area (Å²) in [5.74, 6) is 0. The molecule has 0 aliphatic rings. The number of unbranched alkanes of at least 4 members (excludes halogenated alkanes) is 4. The number of carbonyl (C=O) groups is 1. The minimum Gasteiger partial charge on any atom is -0.445 e. The third-order valence-corrected chi connectivity index (χ3v) is 3.09. The van der Waals surface area contributed by atoms with Crippen molar-refractivity contribution >= 4 is 6.09 Å². The molecule has 20 heavy (non-hydrogen) atoms. The number of rotatable bonds is 10. The number of alkyl carbamates (subject to hydrolysis) is 1. The summed E-state index contributed by atoms with van der Waals surface area (Å²) in [6.45, 7) is 2.11. The van der Waals surface area contributed by atoms with Gasteiger partial charge < -0.3 is 15.4 Å². The average Bonchev–Trinajstić information content (AvgIpc) is 2.49. The van der Waals surface area contributed by atoms with E-state index in [0.29, 0.717) is 13.2 Å². The maximum atomic E-state index is 11.4. The lowest BCUT2D eigenvalue weighted by Gasteiger charge is -2.07. The van der Waals surface area contributed by atoms with E-state index < -0.39 is 0 Å². The van der Waals surface area contributed by atoms with Crippen molar-refractivity contribution in [1.82, 2.24) is 10.6 Å². The lowest BCUT2D eigenvalue weighted by Crippen LogP contribution is -2.25. The van der Waals surface area contributed by atoms with Crippen LogP contribution >= 0.6 is 0 Å². The van der Waals surface area contributed by atoms with Crippen molar-refractivity contribution in [2.45, 2.75) is 38.7 Å². The van der Waals surface area contributed by atoms with E-state index in [1.54, 1.807) is 0 Å². The number of hydrogen-bond acceptors (Lipinski definition) is 3. The van der Waals surface area contributed by atoms with E-state index in [0.717, 1.165) is 24.9 Å². The van der Waals surface area contributed by atoms with Crippen LogP contribution in [0, 0.1) is 0 Å². The summed E-state index contributed by atoms with van der Waals surface area (Å²) < 4.78 is 5.13. The van der Waals surface area contributed by atoms with E-state index >= 15 is 0 Å². The fourth-order valence-electron chi connectivity index (χ4n) is 1.92. The zero-order chi connectivity index (χ0) is 14.5. The van der Waals surface area contributed by atoms with E-state index in [4.69, 9.17) is 4.74 Å². The Morgan fingerprint density at radius 1 is 1.00 bits per heavy atom. The molecule has 1 aromatic carbocycles. The fraction of sp³-hybridized carbons (Fsp3) is 0.562. The first-order chi connectivity index (χ1) is 9.83. The standard InChI is InChI=1S/C16H26N2O2/c1-17-12-8-3-2-4-9-13-18-16(19)20-14-15-10-6-5-7-11-15/h5-7,10-11,17H,2-4,8-9,12-14H2,1H3,(H,18,19). The van der Waals surface area contributed by atoms with Crippen molar-refractivity contribution in [2.24, 2.45) is 0 Å². The molecule has 4 heteroatoms. The Bertz CT molecular complexity index is 355. The van der Waals surface area contributed by atoms with Crippen LogP contribution in [-0.2, 0) is 11.3 Å². The van der Waals surface area contributed by atoms with Gasteiger partial charge in [0.2, 0.25) is 0 Å². The number of carbonyl (C=O) groups excluding carboxylic acids is 1. The molecule has 0 fully saturated rings. The van der Waals surface area contributed by atoms with E-state index in [-0.39, 0.29) is 6.09 Å². The van der Waals surface area contributed by atoms with Crippen molar-refractivity contribution in [3.8, 4) is 0 Å². The van der Waals surface area contributed by atoms with Crippen LogP contribution in [0.25, 0.3) is 0 Å². The minimum absolute atomic E-state index is 0.330. The van der Waals surface area contributed by atoms with Crippen LogP contribution in [0.2, 0.25) is 0 Å². The maximum Gasteiger partial charge on any atom is 0.407 e. The van der Waals surface area contributed by atoms with Crippen LogP contribution < -0.4 is 10.6 Å². The molecule has 0 atom stereocenters. The van der Waals surface area contributed by atoms with Gasteiger partial charge in [0.1, 0.15) is 6.61 Å². The zero-order valence-electron chi connectivity index (χ0n) is 12.4. The fourth-order valence-corrected chi connectivity index (χ4v) is 1.92. The summed E-state index contributed by atoms with van der Waals surface area (Å²) in [6.07, 6.45) is 5.54. The number of ether oxygens (including phenoxy) is 1. The number of hydrogen-bond donors (Lipinski definition) is 2. The second-order valence-corrected chi connectivity index (χ2v) is 4.86. The summed E-state index contributed by atoms with van der Waals surface area (Å²) in [6, 6.07) is 9.70. The topological polar surface area (TPSA) is 50.4 Å². The van der Waals surface area contributed by atoms with Crippen molar-refractivity contribution < 1.29 is 9.53 Å². The van der Waals surface area contributed by atoms with Crippen molar-refractivity contribution in [1.29, 1.82) is 0 Å². The molecule has 1 amide bonds. The first-order valence-corrected chi connectivity index (χ1v) is 7.42. The van der Waals surface area contributed by atoms with Crippen molar-refractivity contribution in [3.63, 3.8) is 0 Å². The molecule has 0 saturated carbocycles. The maximum absolute atomic E-state index is 11.4.